The van der Waals surface area contributed by atoms with Crippen molar-refractivity contribution in [3.8, 4) is 5.75 Å². The lowest BCUT2D eigenvalue weighted by molar-refractivity contribution is -0.0209. The van der Waals surface area contributed by atoms with Crippen LogP contribution >= 0.6 is 11.8 Å². The van der Waals surface area contributed by atoms with Crippen LogP contribution in [0.15, 0.2) is 58.4 Å². The first kappa shape index (κ1) is 28.2. The second-order valence-electron chi connectivity index (χ2n) is 9.66. The summed E-state index contributed by atoms with van der Waals surface area (Å²) in [5.41, 5.74) is -0.187. The van der Waals surface area contributed by atoms with Crippen LogP contribution in [0.3, 0.4) is 0 Å². The van der Waals surface area contributed by atoms with Crippen molar-refractivity contribution in [2.24, 2.45) is 0 Å². The first-order chi connectivity index (χ1) is 20.1. The Labute approximate surface area is 245 Å². The Balaban J connectivity index is 1.61. The number of amides is 1. The average Bonchev–Trinajstić information content (AvgIpc) is 3.07. The highest BCUT2D eigenvalue weighted by Gasteiger charge is 2.48. The number of hydrogen-bond acceptors (Lipinski definition) is 9. The molecule has 212 valence electrons. The third kappa shape index (κ3) is 4.51. The molecule has 42 heavy (non-hydrogen) atoms. The smallest absolute Gasteiger partial charge is 0.451 e. The Bertz CT molecular complexity index is 1660. The molecule has 3 aliphatic rings. The van der Waals surface area contributed by atoms with Crippen LogP contribution in [-0.2, 0) is 18.8 Å². The zero-order valence-corrected chi connectivity index (χ0v) is 22.9. The Hall–Kier alpha value is -3.97. The van der Waals surface area contributed by atoms with E-state index in [1.165, 1.54) is 27.9 Å². The summed E-state index contributed by atoms with van der Waals surface area (Å²) in [6, 6.07) is 9.77. The van der Waals surface area contributed by atoms with E-state index >= 15 is 4.39 Å². The van der Waals surface area contributed by atoms with E-state index in [0.717, 1.165) is 24.9 Å². The van der Waals surface area contributed by atoms with Crippen LogP contribution in [0, 0.1) is 11.6 Å². The maximum atomic E-state index is 15.6. The van der Waals surface area contributed by atoms with Crippen molar-refractivity contribution in [1.82, 2.24) is 9.58 Å². The number of halogens is 2. The number of rotatable bonds is 4. The van der Waals surface area contributed by atoms with Gasteiger partial charge in [-0.15, -0.1) is 11.8 Å². The van der Waals surface area contributed by atoms with Crippen LogP contribution in [0.2, 0.25) is 0 Å². The fourth-order valence-electron chi connectivity index (χ4n) is 5.53. The van der Waals surface area contributed by atoms with Gasteiger partial charge in [0.25, 0.3) is 5.91 Å². The maximum Gasteiger partial charge on any atom is 0.510 e. The molecule has 0 bridgehead atoms. The predicted molar refractivity (Wildman–Crippen MR) is 147 cm³/mol. The lowest BCUT2D eigenvalue weighted by Gasteiger charge is -2.51. The molecule has 4 heterocycles. The summed E-state index contributed by atoms with van der Waals surface area (Å²) in [5, 5.41) is 1.72. The van der Waals surface area contributed by atoms with Gasteiger partial charge >= 0.3 is 6.16 Å². The van der Waals surface area contributed by atoms with E-state index in [-0.39, 0.29) is 42.3 Å². The molecule has 6 rings (SSSR count). The average molecular weight is 591 g/mol. The highest BCUT2D eigenvalue weighted by Crippen LogP contribution is 2.50. The van der Waals surface area contributed by atoms with Gasteiger partial charge in [-0.3, -0.25) is 19.3 Å². The van der Waals surface area contributed by atoms with Crippen molar-refractivity contribution in [1.29, 1.82) is 0 Å². The standard InChI is InChI=1S/C27H21B2F2N3O7S/c1-38-26(37)41-13-40-24-17(35)8-9-33-23(24)25(36)32-10-11-39-12-19(32)34(33)22-14-4-2-3-5-18(14)42-27(28,29)20-15(22)6-7-16(30)21(20)31/h2-9,19,22H,10-13H2,1H3/t19-,22-/m1/s1. The highest BCUT2D eigenvalue weighted by atomic mass is 32.2. The fraction of sp³-hybridized carbons (Fsp3) is 0.296. The fourth-order valence-corrected chi connectivity index (χ4v) is 6.65. The number of methoxy groups -OCH3 is 1. The molecule has 3 aromatic rings. The molecular weight excluding hydrogens is 570 g/mol. The SMILES string of the molecule is [B]C1([B])Sc2ccccc2[C@@H](N2[C@@H]3COCCN3C(=O)c3c(OCOC(=O)OC)c(=O)ccn32)c2ccc(F)c(F)c21. The molecule has 2 atom stereocenters. The van der Waals surface area contributed by atoms with Gasteiger partial charge in [-0.1, -0.05) is 24.3 Å². The van der Waals surface area contributed by atoms with Crippen LogP contribution in [-0.4, -0.2) is 77.2 Å². The Morgan fingerprint density at radius 1 is 1.14 bits per heavy atom. The number of morpholine rings is 1. The van der Waals surface area contributed by atoms with E-state index < -0.39 is 52.7 Å². The number of benzene rings is 2. The van der Waals surface area contributed by atoms with Gasteiger partial charge in [-0.2, -0.15) is 0 Å². The molecule has 2 aromatic carbocycles. The molecule has 10 nitrogen and oxygen atoms in total. The summed E-state index contributed by atoms with van der Waals surface area (Å²) >= 11 is 0.967. The number of fused-ring (bicyclic) bond motifs is 4. The number of nitrogens with zero attached hydrogens (tertiary/aromatic N) is 3. The largest absolute Gasteiger partial charge is 0.510 e. The first-order valence-electron chi connectivity index (χ1n) is 12.7. The molecule has 0 N–H and O–H groups in total. The predicted octanol–water partition coefficient (Wildman–Crippen LogP) is 2.34. The van der Waals surface area contributed by atoms with Crippen molar-refractivity contribution in [3.63, 3.8) is 0 Å². The monoisotopic (exact) mass is 591 g/mol. The van der Waals surface area contributed by atoms with E-state index in [0.29, 0.717) is 10.5 Å². The molecule has 0 saturated carbocycles. The van der Waals surface area contributed by atoms with Gasteiger partial charge in [-0.05, 0) is 33.4 Å². The number of aromatic nitrogens is 1. The van der Waals surface area contributed by atoms with Gasteiger partial charge in [-0.25, -0.2) is 13.6 Å². The minimum Gasteiger partial charge on any atom is -0.451 e. The number of ether oxygens (including phenoxy) is 4. The molecule has 1 fully saturated rings. The van der Waals surface area contributed by atoms with Gasteiger partial charge < -0.3 is 23.8 Å². The van der Waals surface area contributed by atoms with Crippen LogP contribution in [0.5, 0.6) is 5.75 Å². The zero-order valence-electron chi connectivity index (χ0n) is 22.1. The molecule has 1 amide bonds. The summed E-state index contributed by atoms with van der Waals surface area (Å²) in [7, 11) is 14.0. The summed E-state index contributed by atoms with van der Waals surface area (Å²) in [6.07, 6.45) is -0.424. The van der Waals surface area contributed by atoms with Crippen LogP contribution in [0.4, 0.5) is 13.6 Å². The van der Waals surface area contributed by atoms with E-state index in [2.05, 4.69) is 4.74 Å². The molecule has 4 radical (unpaired) electrons. The lowest BCUT2D eigenvalue weighted by atomic mass is 9.63. The van der Waals surface area contributed by atoms with Gasteiger partial charge in [0, 0.05) is 23.7 Å². The summed E-state index contributed by atoms with van der Waals surface area (Å²) in [6.45, 7) is -0.276. The molecule has 15 heteroatoms. The van der Waals surface area contributed by atoms with E-state index in [1.54, 1.807) is 29.3 Å². The van der Waals surface area contributed by atoms with E-state index in [4.69, 9.17) is 29.9 Å². The third-order valence-corrected chi connectivity index (χ3v) is 8.41. The van der Waals surface area contributed by atoms with Crippen molar-refractivity contribution in [2.45, 2.75) is 21.6 Å². The Morgan fingerprint density at radius 3 is 2.71 bits per heavy atom. The third-order valence-electron chi connectivity index (χ3n) is 7.27. The number of hydrogen-bond donors (Lipinski definition) is 0. The van der Waals surface area contributed by atoms with E-state index in [1.807, 2.05) is 0 Å². The van der Waals surface area contributed by atoms with Crippen molar-refractivity contribution >= 4 is 39.5 Å². The second-order valence-corrected chi connectivity index (χ2v) is 11.0. The summed E-state index contributed by atoms with van der Waals surface area (Å²) < 4.78 is 50.3. The first-order valence-corrected chi connectivity index (χ1v) is 13.6. The number of carbonyl (C=O) groups excluding carboxylic acids is 2. The van der Waals surface area contributed by atoms with Gasteiger partial charge in [0.05, 0.1) is 42.1 Å². The Morgan fingerprint density at radius 2 is 1.93 bits per heavy atom. The van der Waals surface area contributed by atoms with Gasteiger partial charge in [0.15, 0.2) is 17.3 Å². The van der Waals surface area contributed by atoms with Crippen molar-refractivity contribution in [2.75, 3.05) is 38.7 Å². The molecular formula is C27H21B2F2N3O7S. The lowest BCUT2D eigenvalue weighted by Crippen LogP contribution is -2.66. The van der Waals surface area contributed by atoms with Crippen LogP contribution in [0.1, 0.15) is 33.2 Å². The van der Waals surface area contributed by atoms with Crippen molar-refractivity contribution in [3.05, 3.63) is 92.9 Å². The molecule has 3 aliphatic heterocycles. The van der Waals surface area contributed by atoms with Crippen LogP contribution < -0.4 is 15.2 Å². The molecule has 1 aromatic heterocycles. The van der Waals surface area contributed by atoms with Gasteiger partial charge in [0.2, 0.25) is 18.0 Å². The minimum absolute atomic E-state index is 0.0557. The molecule has 1 saturated heterocycles. The topological polar surface area (TPSA) is 99.5 Å². The summed E-state index contributed by atoms with van der Waals surface area (Å²) in [4.78, 5) is 40.4. The maximum absolute atomic E-state index is 15.6. The van der Waals surface area contributed by atoms with Gasteiger partial charge in [0.1, 0.15) is 6.17 Å². The number of thioether (sulfide) groups is 1. The van der Waals surface area contributed by atoms with Crippen LogP contribution in [0.25, 0.3) is 0 Å². The van der Waals surface area contributed by atoms with E-state index in [9.17, 15) is 18.8 Å². The molecule has 0 spiro atoms. The Kier molecular flexibility index (Phi) is 7.17. The highest BCUT2D eigenvalue weighted by molar-refractivity contribution is 8.02. The zero-order chi connectivity index (χ0) is 29.8. The quantitative estimate of drug-likeness (QED) is 0.257. The summed E-state index contributed by atoms with van der Waals surface area (Å²) in [5.74, 6) is -3.24. The number of carbonyl (C=O) groups is 2. The normalized spacial score (nSPS) is 20.4. The second kappa shape index (κ2) is 10.7. The molecule has 0 unspecified atom stereocenters. The van der Waals surface area contributed by atoms with Crippen molar-refractivity contribution < 1.29 is 37.3 Å². The molecule has 0 aliphatic carbocycles. The minimum atomic E-state index is -1.87. The number of pyridine rings is 1.